The first-order valence-electron chi connectivity index (χ1n) is 3.96. The van der Waals surface area contributed by atoms with Gasteiger partial charge in [0.25, 0.3) is 0 Å². The van der Waals surface area contributed by atoms with E-state index in [0.29, 0.717) is 17.1 Å². The molecule has 0 amide bonds. The van der Waals surface area contributed by atoms with Crippen molar-refractivity contribution in [3.8, 4) is 0 Å². The normalized spacial score (nSPS) is 10.7. The van der Waals surface area contributed by atoms with Gasteiger partial charge in [-0.3, -0.25) is 0 Å². The zero-order chi connectivity index (χ0) is 9.97. The van der Waals surface area contributed by atoms with Crippen molar-refractivity contribution < 1.29 is 4.42 Å². The van der Waals surface area contributed by atoms with E-state index in [0.717, 1.165) is 11.3 Å². The van der Waals surface area contributed by atoms with Crippen LogP contribution < -0.4 is 0 Å². The quantitative estimate of drug-likeness (QED) is 0.809. The fourth-order valence-electron chi connectivity index (χ4n) is 1.09. The lowest BCUT2D eigenvalue weighted by atomic mass is 10.3. The van der Waals surface area contributed by atoms with Gasteiger partial charge in [0.2, 0.25) is 0 Å². The maximum atomic E-state index is 5.61. The summed E-state index contributed by atoms with van der Waals surface area (Å²) in [6.45, 7) is 0.638. The molecule has 0 aliphatic heterocycles. The second kappa shape index (κ2) is 4.14. The van der Waals surface area contributed by atoms with Crippen molar-refractivity contribution in [2.45, 2.75) is 12.4 Å². The summed E-state index contributed by atoms with van der Waals surface area (Å²) in [5.41, 5.74) is 1.80. The third kappa shape index (κ3) is 2.16. The van der Waals surface area contributed by atoms with Crippen LogP contribution in [-0.2, 0) is 12.4 Å². The number of halogens is 2. The Hall–Kier alpha value is -0.810. The molecule has 0 saturated heterocycles. The average molecular weight is 277 g/mol. The summed E-state index contributed by atoms with van der Waals surface area (Å²) in [7, 11) is 0. The molecule has 0 aliphatic rings. The molecule has 0 atom stereocenters. The van der Waals surface area contributed by atoms with E-state index < -0.39 is 0 Å². The number of hydrogen-bond donors (Lipinski definition) is 0. The molecule has 2 heterocycles. The van der Waals surface area contributed by atoms with Gasteiger partial charge in [0.15, 0.2) is 4.67 Å². The topological polar surface area (TPSA) is 43.9 Å². The Morgan fingerprint density at radius 3 is 3.00 bits per heavy atom. The largest absolute Gasteiger partial charge is 0.457 e. The van der Waals surface area contributed by atoms with Crippen LogP contribution in [0.5, 0.6) is 0 Å². The van der Waals surface area contributed by atoms with Gasteiger partial charge in [-0.15, -0.1) is 16.7 Å². The van der Waals surface area contributed by atoms with Crippen molar-refractivity contribution in [2.75, 3.05) is 0 Å². The van der Waals surface area contributed by atoms with Gasteiger partial charge < -0.3 is 4.42 Å². The van der Waals surface area contributed by atoms with Gasteiger partial charge in [0.1, 0.15) is 0 Å². The maximum Gasteiger partial charge on any atom is 0.169 e. The van der Waals surface area contributed by atoms with Gasteiger partial charge in [0, 0.05) is 5.56 Å². The molecule has 0 radical (unpaired) electrons. The molecule has 2 aromatic rings. The molecule has 4 nitrogen and oxygen atoms in total. The third-order valence-electron chi connectivity index (χ3n) is 1.69. The first kappa shape index (κ1) is 9.73. The van der Waals surface area contributed by atoms with Crippen LogP contribution in [0.1, 0.15) is 11.3 Å². The Morgan fingerprint density at radius 2 is 2.43 bits per heavy atom. The summed E-state index contributed by atoms with van der Waals surface area (Å²) in [6.07, 6.45) is 3.49. The first-order valence-corrected chi connectivity index (χ1v) is 5.28. The molecule has 2 aromatic heterocycles. The zero-order valence-corrected chi connectivity index (χ0v) is 9.49. The van der Waals surface area contributed by atoms with E-state index in [1.807, 2.05) is 12.3 Å². The summed E-state index contributed by atoms with van der Waals surface area (Å²) in [4.78, 5) is 0. The molecule has 74 valence electrons. The lowest BCUT2D eigenvalue weighted by Gasteiger charge is -1.93. The van der Waals surface area contributed by atoms with Crippen molar-refractivity contribution in [3.05, 3.63) is 34.5 Å². The number of hydrogen-bond acceptors (Lipinski definition) is 3. The molecular formula is C8H7BrClN3O. The highest BCUT2D eigenvalue weighted by Gasteiger charge is 2.02. The van der Waals surface area contributed by atoms with Crippen LogP contribution in [0.25, 0.3) is 0 Å². The predicted molar refractivity (Wildman–Crippen MR) is 55.1 cm³/mol. The SMILES string of the molecule is ClCc1cn(Cc2coc(Br)c2)nn1. The second-order valence-corrected chi connectivity index (χ2v) is 3.85. The van der Waals surface area contributed by atoms with Crippen molar-refractivity contribution in [1.29, 1.82) is 0 Å². The number of aromatic nitrogens is 3. The van der Waals surface area contributed by atoms with E-state index in [1.54, 1.807) is 10.9 Å². The Balaban J connectivity index is 2.10. The van der Waals surface area contributed by atoms with Gasteiger partial charge in [-0.2, -0.15) is 0 Å². The summed E-state index contributed by atoms with van der Waals surface area (Å²) >= 11 is 8.84. The van der Waals surface area contributed by atoms with Crippen LogP contribution in [0.4, 0.5) is 0 Å². The highest BCUT2D eigenvalue weighted by atomic mass is 79.9. The molecule has 6 heteroatoms. The van der Waals surface area contributed by atoms with Gasteiger partial charge in [-0.05, 0) is 22.0 Å². The summed E-state index contributed by atoms with van der Waals surface area (Å²) < 4.78 is 7.53. The maximum absolute atomic E-state index is 5.61. The lowest BCUT2D eigenvalue weighted by Crippen LogP contribution is -1.98. The van der Waals surface area contributed by atoms with E-state index in [1.165, 1.54) is 0 Å². The molecule has 14 heavy (non-hydrogen) atoms. The van der Waals surface area contributed by atoms with E-state index in [-0.39, 0.29) is 0 Å². The Bertz CT molecular complexity index is 426. The molecule has 0 bridgehead atoms. The summed E-state index contributed by atoms with van der Waals surface area (Å²) in [5.74, 6) is 0.384. The number of alkyl halides is 1. The zero-order valence-electron chi connectivity index (χ0n) is 7.15. The Kier molecular flexibility index (Phi) is 2.88. The summed E-state index contributed by atoms with van der Waals surface area (Å²) in [6, 6.07) is 1.89. The second-order valence-electron chi connectivity index (χ2n) is 2.80. The van der Waals surface area contributed by atoms with E-state index in [9.17, 15) is 0 Å². The number of nitrogens with zero attached hydrogens (tertiary/aromatic N) is 3. The third-order valence-corrected chi connectivity index (χ3v) is 2.38. The van der Waals surface area contributed by atoms with Gasteiger partial charge in [-0.25, -0.2) is 4.68 Å². The molecule has 0 aliphatic carbocycles. The minimum Gasteiger partial charge on any atom is -0.457 e. The molecule has 0 fully saturated rings. The van der Waals surface area contributed by atoms with E-state index >= 15 is 0 Å². The van der Waals surface area contributed by atoms with E-state index in [2.05, 4.69) is 26.2 Å². The smallest absolute Gasteiger partial charge is 0.169 e. The molecular weight excluding hydrogens is 269 g/mol. The van der Waals surface area contributed by atoms with Gasteiger partial charge in [-0.1, -0.05) is 5.21 Å². The van der Waals surface area contributed by atoms with Crippen LogP contribution >= 0.6 is 27.5 Å². The van der Waals surface area contributed by atoms with Crippen LogP contribution in [0.15, 0.2) is 27.6 Å². The minimum atomic E-state index is 0.384. The molecule has 0 aromatic carbocycles. The molecule has 0 N–H and O–H groups in total. The van der Waals surface area contributed by atoms with Crippen molar-refractivity contribution >= 4 is 27.5 Å². The van der Waals surface area contributed by atoms with Crippen LogP contribution in [0.2, 0.25) is 0 Å². The highest BCUT2D eigenvalue weighted by molar-refractivity contribution is 9.10. The van der Waals surface area contributed by atoms with E-state index in [4.69, 9.17) is 16.0 Å². The van der Waals surface area contributed by atoms with Crippen LogP contribution in [-0.4, -0.2) is 15.0 Å². The minimum absolute atomic E-state index is 0.384. The predicted octanol–water partition coefficient (Wildman–Crippen LogP) is 2.42. The van der Waals surface area contributed by atoms with Gasteiger partial charge >= 0.3 is 0 Å². The fraction of sp³-hybridized carbons (Fsp3) is 0.250. The lowest BCUT2D eigenvalue weighted by molar-refractivity contribution is 0.535. The number of rotatable bonds is 3. The summed E-state index contributed by atoms with van der Waals surface area (Å²) in [5, 5.41) is 7.79. The number of furan rings is 1. The van der Waals surface area contributed by atoms with Crippen molar-refractivity contribution in [1.82, 2.24) is 15.0 Å². The highest BCUT2D eigenvalue weighted by Crippen LogP contribution is 2.14. The molecule has 0 unspecified atom stereocenters. The fourth-order valence-corrected chi connectivity index (χ4v) is 1.60. The van der Waals surface area contributed by atoms with Crippen molar-refractivity contribution in [2.24, 2.45) is 0 Å². The monoisotopic (exact) mass is 275 g/mol. The molecule has 0 spiro atoms. The molecule has 0 saturated carbocycles. The standard InChI is InChI=1S/C8H7BrClN3O/c9-8-1-6(5-14-8)3-13-4-7(2-10)11-12-13/h1,4-5H,2-3H2. The van der Waals surface area contributed by atoms with Gasteiger partial charge in [0.05, 0.1) is 30.6 Å². The van der Waals surface area contributed by atoms with Crippen molar-refractivity contribution in [3.63, 3.8) is 0 Å². The van der Waals surface area contributed by atoms with Crippen LogP contribution in [0.3, 0.4) is 0 Å². The Morgan fingerprint density at radius 1 is 1.57 bits per heavy atom. The Labute approximate surface area is 94.0 Å². The molecule has 2 rings (SSSR count). The van der Waals surface area contributed by atoms with Crippen LogP contribution in [0, 0.1) is 0 Å². The average Bonchev–Trinajstić information content (AvgIpc) is 2.76. The first-order chi connectivity index (χ1) is 6.78.